The van der Waals surface area contributed by atoms with E-state index in [-0.39, 0.29) is 18.0 Å². The summed E-state index contributed by atoms with van der Waals surface area (Å²) in [4.78, 5) is 12.5. The van der Waals surface area contributed by atoms with Gasteiger partial charge in [-0.05, 0) is 38.9 Å². The van der Waals surface area contributed by atoms with Crippen molar-refractivity contribution >= 4 is 11.7 Å². The van der Waals surface area contributed by atoms with Gasteiger partial charge in [0, 0.05) is 19.7 Å². The summed E-state index contributed by atoms with van der Waals surface area (Å²) in [7, 11) is 1.69. The molecule has 0 radical (unpaired) electrons. The normalized spacial score (nSPS) is 19.7. The maximum Gasteiger partial charge on any atom is 0.239 e. The van der Waals surface area contributed by atoms with Gasteiger partial charge in [0.05, 0.1) is 30.1 Å². The summed E-state index contributed by atoms with van der Waals surface area (Å²) < 4.78 is 7.08. The number of carbonyl (C=O) groups is 1. The predicted molar refractivity (Wildman–Crippen MR) is 102 cm³/mol. The number of nitrogens with zero attached hydrogens (tertiary/aromatic N) is 2. The van der Waals surface area contributed by atoms with Gasteiger partial charge in [0.1, 0.15) is 5.82 Å². The average Bonchev–Trinajstić information content (AvgIpc) is 3.21. The van der Waals surface area contributed by atoms with Crippen LogP contribution in [0.15, 0.2) is 30.3 Å². The van der Waals surface area contributed by atoms with Crippen molar-refractivity contribution < 1.29 is 9.53 Å². The Morgan fingerprint density at radius 2 is 2.12 bits per heavy atom. The van der Waals surface area contributed by atoms with Crippen molar-refractivity contribution in [2.75, 3.05) is 38.7 Å². The van der Waals surface area contributed by atoms with Crippen molar-refractivity contribution in [1.82, 2.24) is 20.4 Å². The Hall–Kier alpha value is -2.22. The number of anilines is 1. The quantitative estimate of drug-likeness (QED) is 0.698. The van der Waals surface area contributed by atoms with E-state index in [1.807, 2.05) is 44.2 Å². The largest absolute Gasteiger partial charge is 0.383 e. The standard InChI is InChI=1S/C19H27N5O2/c1-14-4-6-16(7-5-14)24-17(10-15(2)23-24)22-18(25)11-21-19(13-26-3)8-9-20-12-19/h4-7,10,20-21H,8-9,11-13H2,1-3H3,(H,22,25). The van der Waals surface area contributed by atoms with Gasteiger partial charge in [-0.25, -0.2) is 4.68 Å². The molecule has 7 heteroatoms. The molecule has 3 N–H and O–H groups in total. The van der Waals surface area contributed by atoms with Crippen molar-refractivity contribution in [2.45, 2.75) is 25.8 Å². The van der Waals surface area contributed by atoms with Crippen LogP contribution in [0.1, 0.15) is 17.7 Å². The fourth-order valence-corrected chi connectivity index (χ4v) is 3.27. The van der Waals surface area contributed by atoms with Gasteiger partial charge >= 0.3 is 0 Å². The van der Waals surface area contributed by atoms with Crippen molar-refractivity contribution in [3.05, 3.63) is 41.6 Å². The molecular formula is C19H27N5O2. The smallest absolute Gasteiger partial charge is 0.239 e. The van der Waals surface area contributed by atoms with Crippen molar-refractivity contribution in [3.8, 4) is 5.69 Å². The SMILES string of the molecule is COCC1(NCC(=O)Nc2cc(C)nn2-c2ccc(C)cc2)CCNC1. The Morgan fingerprint density at radius 3 is 2.77 bits per heavy atom. The lowest BCUT2D eigenvalue weighted by Crippen LogP contribution is -2.53. The zero-order valence-corrected chi connectivity index (χ0v) is 15.6. The molecule has 1 fully saturated rings. The second kappa shape index (κ2) is 7.99. The molecule has 0 aliphatic carbocycles. The average molecular weight is 357 g/mol. The molecule has 0 saturated carbocycles. The van der Waals surface area contributed by atoms with Crippen molar-refractivity contribution in [3.63, 3.8) is 0 Å². The fourth-order valence-electron chi connectivity index (χ4n) is 3.27. The molecule has 1 atom stereocenters. The van der Waals surface area contributed by atoms with E-state index in [2.05, 4.69) is 21.0 Å². The van der Waals surface area contributed by atoms with Gasteiger partial charge in [-0.2, -0.15) is 5.10 Å². The lowest BCUT2D eigenvalue weighted by atomic mass is 10.00. The van der Waals surface area contributed by atoms with Crippen molar-refractivity contribution in [2.24, 2.45) is 0 Å². The molecule has 0 spiro atoms. The van der Waals surface area contributed by atoms with E-state index in [0.29, 0.717) is 12.4 Å². The first kappa shape index (κ1) is 18.6. The summed E-state index contributed by atoms with van der Waals surface area (Å²) in [6.45, 7) is 6.49. The number of aryl methyl sites for hydroxylation is 2. The van der Waals surface area contributed by atoms with E-state index in [4.69, 9.17) is 4.74 Å². The van der Waals surface area contributed by atoms with Crippen molar-refractivity contribution in [1.29, 1.82) is 0 Å². The van der Waals surface area contributed by atoms with E-state index in [1.165, 1.54) is 5.56 Å². The third-order valence-corrected chi connectivity index (χ3v) is 4.67. The number of carbonyl (C=O) groups excluding carboxylic acids is 1. The van der Waals surface area contributed by atoms with Crippen LogP contribution in [0.3, 0.4) is 0 Å². The van der Waals surface area contributed by atoms with Gasteiger partial charge in [-0.1, -0.05) is 17.7 Å². The lowest BCUT2D eigenvalue weighted by Gasteiger charge is -2.28. The summed E-state index contributed by atoms with van der Waals surface area (Å²) >= 11 is 0. The third kappa shape index (κ3) is 4.30. The highest BCUT2D eigenvalue weighted by atomic mass is 16.5. The lowest BCUT2D eigenvalue weighted by molar-refractivity contribution is -0.115. The Labute approximate surface area is 154 Å². The number of hydrogen-bond acceptors (Lipinski definition) is 5. The van der Waals surface area contributed by atoms with Crippen LogP contribution in [0.25, 0.3) is 5.69 Å². The number of methoxy groups -OCH3 is 1. The monoisotopic (exact) mass is 357 g/mol. The van der Waals surface area contributed by atoms with Crippen LogP contribution in [0.2, 0.25) is 0 Å². The summed E-state index contributed by atoms with van der Waals surface area (Å²) in [5.41, 5.74) is 2.77. The van der Waals surface area contributed by atoms with Crippen LogP contribution in [-0.2, 0) is 9.53 Å². The number of amides is 1. The number of ether oxygens (including phenoxy) is 1. The minimum atomic E-state index is -0.181. The van der Waals surface area contributed by atoms with E-state index in [0.717, 1.165) is 30.9 Å². The first-order valence-electron chi connectivity index (χ1n) is 8.90. The van der Waals surface area contributed by atoms with E-state index < -0.39 is 0 Å². The number of hydrogen-bond donors (Lipinski definition) is 3. The molecule has 1 unspecified atom stereocenters. The summed E-state index contributed by atoms with van der Waals surface area (Å²) in [5.74, 6) is 0.573. The number of nitrogens with one attached hydrogen (secondary N) is 3. The molecule has 26 heavy (non-hydrogen) atoms. The number of benzene rings is 1. The fraction of sp³-hybridized carbons (Fsp3) is 0.474. The van der Waals surface area contributed by atoms with Gasteiger partial charge in [0.15, 0.2) is 0 Å². The molecule has 1 aliphatic heterocycles. The molecule has 0 bridgehead atoms. The van der Waals surface area contributed by atoms with Crippen LogP contribution in [0.5, 0.6) is 0 Å². The molecule has 1 aliphatic rings. The molecule has 3 rings (SSSR count). The first-order valence-corrected chi connectivity index (χ1v) is 8.90. The first-order chi connectivity index (χ1) is 12.5. The minimum absolute atomic E-state index is 0.0966. The van der Waals surface area contributed by atoms with Crippen LogP contribution in [0, 0.1) is 13.8 Å². The molecule has 1 amide bonds. The number of rotatable bonds is 7. The Kier molecular flexibility index (Phi) is 5.70. The zero-order valence-electron chi connectivity index (χ0n) is 15.6. The van der Waals surface area contributed by atoms with Crippen LogP contribution in [-0.4, -0.2) is 54.6 Å². The molecule has 1 aromatic heterocycles. The summed E-state index contributed by atoms with van der Waals surface area (Å²) in [6.07, 6.45) is 0.939. The third-order valence-electron chi connectivity index (χ3n) is 4.67. The highest BCUT2D eigenvalue weighted by molar-refractivity contribution is 5.91. The maximum atomic E-state index is 12.5. The maximum absolute atomic E-state index is 12.5. The van der Waals surface area contributed by atoms with E-state index in [9.17, 15) is 4.79 Å². The molecule has 140 valence electrons. The van der Waals surface area contributed by atoms with Gasteiger partial charge < -0.3 is 15.4 Å². The van der Waals surface area contributed by atoms with Gasteiger partial charge in [0.25, 0.3) is 0 Å². The molecule has 7 nitrogen and oxygen atoms in total. The van der Waals surface area contributed by atoms with E-state index in [1.54, 1.807) is 11.8 Å². The second-order valence-electron chi connectivity index (χ2n) is 6.96. The highest BCUT2D eigenvalue weighted by Gasteiger charge is 2.33. The summed E-state index contributed by atoms with van der Waals surface area (Å²) in [6, 6.07) is 9.92. The second-order valence-corrected chi connectivity index (χ2v) is 6.96. The molecular weight excluding hydrogens is 330 g/mol. The van der Waals surface area contributed by atoms with Gasteiger partial charge in [0.2, 0.25) is 5.91 Å². The predicted octanol–water partition coefficient (Wildman–Crippen LogP) is 1.40. The summed E-state index contributed by atoms with van der Waals surface area (Å²) in [5, 5.41) is 14.1. The van der Waals surface area contributed by atoms with Crippen LogP contribution >= 0.6 is 0 Å². The Bertz CT molecular complexity index is 748. The highest BCUT2D eigenvalue weighted by Crippen LogP contribution is 2.18. The zero-order chi connectivity index (χ0) is 18.6. The van der Waals surface area contributed by atoms with E-state index >= 15 is 0 Å². The van der Waals surface area contributed by atoms with Crippen LogP contribution in [0.4, 0.5) is 5.82 Å². The van der Waals surface area contributed by atoms with Crippen LogP contribution < -0.4 is 16.0 Å². The minimum Gasteiger partial charge on any atom is -0.383 e. The van der Waals surface area contributed by atoms with Gasteiger partial charge in [-0.15, -0.1) is 0 Å². The van der Waals surface area contributed by atoms with Gasteiger partial charge in [-0.3, -0.25) is 10.1 Å². The molecule has 1 aromatic carbocycles. The Balaban J connectivity index is 1.67. The topological polar surface area (TPSA) is 80.2 Å². The Morgan fingerprint density at radius 1 is 1.35 bits per heavy atom. The molecule has 2 heterocycles. The molecule has 2 aromatic rings. The number of aromatic nitrogens is 2. The molecule has 1 saturated heterocycles.